The van der Waals surface area contributed by atoms with Gasteiger partial charge >= 0.3 is 5.97 Å². The highest BCUT2D eigenvalue weighted by atomic mass is 35.5. The van der Waals surface area contributed by atoms with Crippen LogP contribution < -0.4 is 5.32 Å². The first kappa shape index (κ1) is 19.3. The lowest BCUT2D eigenvalue weighted by Gasteiger charge is -2.14. The molecule has 1 aromatic carbocycles. The number of carbonyl (C=O) groups is 2. The SMILES string of the molecule is CCCNC(=O)[C@@H](C)OC(=O)c1cccnc1Sc1ccc(Cl)cc1. The number of halogens is 1. The summed E-state index contributed by atoms with van der Waals surface area (Å²) in [4.78, 5) is 29.4. The van der Waals surface area contributed by atoms with Gasteiger partial charge in [-0.15, -0.1) is 0 Å². The number of esters is 1. The minimum atomic E-state index is -0.868. The van der Waals surface area contributed by atoms with E-state index in [9.17, 15) is 9.59 Å². The highest BCUT2D eigenvalue weighted by molar-refractivity contribution is 7.99. The van der Waals surface area contributed by atoms with Crippen molar-refractivity contribution in [2.45, 2.75) is 36.3 Å². The molecule has 7 heteroatoms. The average molecular weight is 379 g/mol. The Labute approximate surface area is 156 Å². The normalized spacial score (nSPS) is 11.6. The Morgan fingerprint density at radius 1 is 1.28 bits per heavy atom. The van der Waals surface area contributed by atoms with Crippen LogP contribution in [0.2, 0.25) is 5.02 Å². The Morgan fingerprint density at radius 2 is 2.00 bits per heavy atom. The summed E-state index contributed by atoms with van der Waals surface area (Å²) >= 11 is 7.21. The van der Waals surface area contributed by atoms with Crippen molar-refractivity contribution in [3.05, 3.63) is 53.2 Å². The number of rotatable bonds is 7. The summed E-state index contributed by atoms with van der Waals surface area (Å²) in [5.74, 6) is -0.894. The lowest BCUT2D eigenvalue weighted by atomic mass is 10.3. The second kappa shape index (κ2) is 9.44. The maximum absolute atomic E-state index is 12.4. The standard InChI is InChI=1S/C18H19ClN2O3S/c1-3-10-20-16(22)12(2)24-18(23)15-5-4-11-21-17(15)25-14-8-6-13(19)7-9-14/h4-9,11-12H,3,10H2,1-2H3,(H,20,22)/t12-/m1/s1. The van der Waals surface area contributed by atoms with Gasteiger partial charge in [-0.1, -0.05) is 30.3 Å². The molecule has 0 fully saturated rings. The summed E-state index contributed by atoms with van der Waals surface area (Å²) < 4.78 is 5.27. The Balaban J connectivity index is 2.09. The van der Waals surface area contributed by atoms with Gasteiger partial charge in [0.05, 0.1) is 5.56 Å². The molecule has 0 aliphatic carbocycles. The zero-order chi connectivity index (χ0) is 18.2. The average Bonchev–Trinajstić information content (AvgIpc) is 2.61. The van der Waals surface area contributed by atoms with E-state index in [2.05, 4.69) is 10.3 Å². The molecule has 0 unspecified atom stereocenters. The Hall–Kier alpha value is -2.05. The van der Waals surface area contributed by atoms with E-state index in [4.69, 9.17) is 16.3 Å². The summed E-state index contributed by atoms with van der Waals surface area (Å²) in [6.45, 7) is 4.05. The minimum Gasteiger partial charge on any atom is -0.449 e. The van der Waals surface area contributed by atoms with E-state index < -0.39 is 12.1 Å². The number of carbonyl (C=O) groups excluding carboxylic acids is 2. The first-order valence-corrected chi connectivity index (χ1v) is 9.07. The van der Waals surface area contributed by atoms with Crippen LogP contribution in [0.3, 0.4) is 0 Å². The molecular weight excluding hydrogens is 360 g/mol. The van der Waals surface area contributed by atoms with Gasteiger partial charge in [-0.25, -0.2) is 9.78 Å². The topological polar surface area (TPSA) is 68.3 Å². The van der Waals surface area contributed by atoms with E-state index in [1.807, 2.05) is 19.1 Å². The summed E-state index contributed by atoms with van der Waals surface area (Å²) in [7, 11) is 0. The molecule has 1 N–H and O–H groups in total. The van der Waals surface area contributed by atoms with Crippen molar-refractivity contribution in [2.24, 2.45) is 0 Å². The van der Waals surface area contributed by atoms with Crippen LogP contribution in [-0.2, 0) is 9.53 Å². The van der Waals surface area contributed by atoms with Gasteiger partial charge in [-0.3, -0.25) is 4.79 Å². The molecule has 2 aromatic rings. The van der Waals surface area contributed by atoms with Crippen molar-refractivity contribution in [3.8, 4) is 0 Å². The van der Waals surface area contributed by atoms with Crippen LogP contribution in [0.15, 0.2) is 52.5 Å². The van der Waals surface area contributed by atoms with Gasteiger partial charge in [0.15, 0.2) is 6.10 Å². The second-order valence-corrected chi connectivity index (χ2v) is 6.75. The molecule has 132 valence electrons. The molecule has 0 saturated carbocycles. The molecule has 0 aliphatic heterocycles. The van der Waals surface area contributed by atoms with E-state index in [1.165, 1.54) is 11.8 Å². The van der Waals surface area contributed by atoms with Crippen molar-refractivity contribution in [1.82, 2.24) is 10.3 Å². The van der Waals surface area contributed by atoms with E-state index in [0.29, 0.717) is 22.2 Å². The number of amides is 1. The van der Waals surface area contributed by atoms with Crippen LogP contribution >= 0.6 is 23.4 Å². The van der Waals surface area contributed by atoms with Crippen LogP contribution in [0.25, 0.3) is 0 Å². The smallest absolute Gasteiger partial charge is 0.341 e. The van der Waals surface area contributed by atoms with Crippen LogP contribution in [0.5, 0.6) is 0 Å². The van der Waals surface area contributed by atoms with Crippen molar-refractivity contribution >= 4 is 35.2 Å². The maximum Gasteiger partial charge on any atom is 0.341 e. The molecule has 0 saturated heterocycles. The molecule has 1 amide bonds. The van der Waals surface area contributed by atoms with E-state index in [0.717, 1.165) is 11.3 Å². The fourth-order valence-electron chi connectivity index (χ4n) is 1.91. The summed E-state index contributed by atoms with van der Waals surface area (Å²) in [5.41, 5.74) is 0.317. The zero-order valence-electron chi connectivity index (χ0n) is 14.0. The molecule has 2 rings (SSSR count). The summed E-state index contributed by atoms with van der Waals surface area (Å²) in [5, 5.41) is 3.85. The van der Waals surface area contributed by atoms with Crippen LogP contribution in [0, 0.1) is 0 Å². The largest absolute Gasteiger partial charge is 0.449 e. The van der Waals surface area contributed by atoms with Gasteiger partial charge < -0.3 is 10.1 Å². The number of nitrogens with zero attached hydrogens (tertiary/aromatic N) is 1. The molecule has 1 aromatic heterocycles. The molecule has 0 radical (unpaired) electrons. The molecule has 0 spiro atoms. The van der Waals surface area contributed by atoms with Crippen LogP contribution in [0.4, 0.5) is 0 Å². The fraction of sp³-hybridized carbons (Fsp3) is 0.278. The van der Waals surface area contributed by atoms with Gasteiger partial charge in [0.25, 0.3) is 5.91 Å². The third-order valence-electron chi connectivity index (χ3n) is 3.22. The van der Waals surface area contributed by atoms with Crippen LogP contribution in [0.1, 0.15) is 30.6 Å². The molecule has 0 aliphatic rings. The highest BCUT2D eigenvalue weighted by Gasteiger charge is 2.21. The summed E-state index contributed by atoms with van der Waals surface area (Å²) in [6.07, 6.45) is 1.55. The monoisotopic (exact) mass is 378 g/mol. The number of ether oxygens (including phenoxy) is 1. The molecule has 1 atom stereocenters. The highest BCUT2D eigenvalue weighted by Crippen LogP contribution is 2.29. The molecule has 0 bridgehead atoms. The third kappa shape index (κ3) is 5.76. The first-order valence-electron chi connectivity index (χ1n) is 7.88. The van der Waals surface area contributed by atoms with Crippen LogP contribution in [-0.4, -0.2) is 29.5 Å². The van der Waals surface area contributed by atoms with Crippen molar-refractivity contribution in [1.29, 1.82) is 0 Å². The number of hydrogen-bond donors (Lipinski definition) is 1. The predicted octanol–water partition coefficient (Wildman–Crippen LogP) is 3.96. The second-order valence-electron chi connectivity index (χ2n) is 5.25. The first-order chi connectivity index (χ1) is 12.0. The predicted molar refractivity (Wildman–Crippen MR) is 98.0 cm³/mol. The number of aromatic nitrogens is 1. The molecule has 5 nitrogen and oxygen atoms in total. The van der Waals surface area contributed by atoms with Gasteiger partial charge in [0.2, 0.25) is 0 Å². The fourth-order valence-corrected chi connectivity index (χ4v) is 2.91. The van der Waals surface area contributed by atoms with Crippen molar-refractivity contribution in [3.63, 3.8) is 0 Å². The quantitative estimate of drug-likeness (QED) is 0.738. The van der Waals surface area contributed by atoms with E-state index >= 15 is 0 Å². The Bertz CT molecular complexity index is 737. The maximum atomic E-state index is 12.4. The number of nitrogens with one attached hydrogen (secondary N) is 1. The Kier molecular flexibility index (Phi) is 7.28. The number of hydrogen-bond acceptors (Lipinski definition) is 5. The number of pyridine rings is 1. The minimum absolute atomic E-state index is 0.314. The van der Waals surface area contributed by atoms with Crippen molar-refractivity contribution < 1.29 is 14.3 Å². The lowest BCUT2D eigenvalue weighted by molar-refractivity contribution is -0.129. The van der Waals surface area contributed by atoms with Gasteiger partial charge in [0.1, 0.15) is 5.03 Å². The zero-order valence-corrected chi connectivity index (χ0v) is 15.6. The lowest BCUT2D eigenvalue weighted by Crippen LogP contribution is -2.36. The van der Waals surface area contributed by atoms with Crippen molar-refractivity contribution in [2.75, 3.05) is 6.54 Å². The molecular formula is C18H19ClN2O3S. The Morgan fingerprint density at radius 3 is 2.68 bits per heavy atom. The molecule has 25 heavy (non-hydrogen) atoms. The van der Waals surface area contributed by atoms with Gasteiger partial charge in [-0.2, -0.15) is 0 Å². The van der Waals surface area contributed by atoms with E-state index in [-0.39, 0.29) is 5.91 Å². The van der Waals surface area contributed by atoms with Gasteiger partial charge in [0, 0.05) is 22.7 Å². The molecule has 1 heterocycles. The third-order valence-corrected chi connectivity index (χ3v) is 4.50. The van der Waals surface area contributed by atoms with Gasteiger partial charge in [-0.05, 0) is 49.7 Å². The number of benzene rings is 1. The van der Waals surface area contributed by atoms with E-state index in [1.54, 1.807) is 37.4 Å². The summed E-state index contributed by atoms with van der Waals surface area (Å²) in [6, 6.07) is 10.5.